The van der Waals surface area contributed by atoms with Crippen molar-refractivity contribution in [3.8, 4) is 0 Å². The molecular weight excluding hydrogens is 98.1 g/mol. The van der Waals surface area contributed by atoms with Crippen molar-refractivity contribution in [1.29, 1.82) is 0 Å². The van der Waals surface area contributed by atoms with Gasteiger partial charge >= 0.3 is 0 Å². The monoisotopic (exact) mass is 116 g/mol. The maximum atomic E-state index is 2.27. The minimum Gasteiger partial charge on any atom is -0.333 e. The molecule has 0 unspecified atom stereocenters. The summed E-state index contributed by atoms with van der Waals surface area (Å²) < 4.78 is 0. The molecule has 0 radical (unpaired) electrons. The van der Waals surface area contributed by atoms with Crippen LogP contribution in [0.3, 0.4) is 0 Å². The Kier molecular flexibility index (Phi) is 3.88. The Bertz CT molecular complexity index is 46.3. The van der Waals surface area contributed by atoms with Gasteiger partial charge in [-0.25, -0.2) is 0 Å². The highest BCUT2D eigenvalue weighted by Crippen LogP contribution is 1.65. The van der Waals surface area contributed by atoms with Crippen molar-refractivity contribution in [2.45, 2.75) is 33.7 Å². The molecule has 0 saturated carbocycles. The van der Waals surface area contributed by atoms with E-state index < -0.39 is 0 Å². The van der Waals surface area contributed by atoms with E-state index in [9.17, 15) is 0 Å². The maximum absolute atomic E-state index is 2.27. The van der Waals surface area contributed by atoms with Gasteiger partial charge in [-0.15, -0.1) is 0 Å². The molecule has 0 aromatic rings. The van der Waals surface area contributed by atoms with E-state index in [0.29, 0.717) is 0 Å². The maximum Gasteiger partial charge on any atom is 0.0817 e. The highest BCUT2D eigenvalue weighted by Gasteiger charge is 2.04. The van der Waals surface area contributed by atoms with Crippen molar-refractivity contribution >= 4 is 0 Å². The second kappa shape index (κ2) is 3.90. The molecule has 0 fully saturated rings. The molecule has 0 amide bonds. The molecule has 0 aliphatic carbocycles. The minimum absolute atomic E-state index is 0.796. The van der Waals surface area contributed by atoms with E-state index in [1.165, 1.54) is 13.1 Å². The number of rotatable bonds is 3. The molecule has 0 atom stereocenters. The van der Waals surface area contributed by atoms with E-state index in [1.807, 2.05) is 0 Å². The second-order valence-corrected chi connectivity index (χ2v) is 2.52. The fraction of sp³-hybridized carbons (Fsp3) is 1.00. The first-order chi connectivity index (χ1) is 3.72. The van der Waals surface area contributed by atoms with Crippen LogP contribution >= 0.6 is 0 Å². The fourth-order valence-electron chi connectivity index (χ4n) is 1.07. The summed E-state index contributed by atoms with van der Waals surface area (Å²) in [5.41, 5.74) is 0. The Hall–Kier alpha value is -0.0400. The van der Waals surface area contributed by atoms with Crippen molar-refractivity contribution in [2.24, 2.45) is 0 Å². The van der Waals surface area contributed by atoms with Crippen LogP contribution in [0.5, 0.6) is 0 Å². The molecule has 0 saturated heterocycles. The van der Waals surface area contributed by atoms with E-state index in [1.54, 1.807) is 4.90 Å². The summed E-state index contributed by atoms with van der Waals surface area (Å²) in [6.45, 7) is 11.5. The lowest BCUT2D eigenvalue weighted by molar-refractivity contribution is -0.917. The van der Waals surface area contributed by atoms with E-state index >= 15 is 0 Å². The summed E-state index contributed by atoms with van der Waals surface area (Å²) in [6.07, 6.45) is 0. The van der Waals surface area contributed by atoms with Crippen LogP contribution in [-0.2, 0) is 0 Å². The predicted octanol–water partition coefficient (Wildman–Crippen LogP) is 0.319. The zero-order valence-corrected chi connectivity index (χ0v) is 6.49. The van der Waals surface area contributed by atoms with Gasteiger partial charge in [-0.1, -0.05) is 0 Å². The quantitative estimate of drug-likeness (QED) is 0.541. The lowest BCUT2D eigenvalue weighted by atomic mass is 10.3. The van der Waals surface area contributed by atoms with E-state index in [2.05, 4.69) is 27.7 Å². The molecule has 0 heterocycles. The largest absolute Gasteiger partial charge is 0.333 e. The van der Waals surface area contributed by atoms with Gasteiger partial charge in [-0.2, -0.15) is 0 Å². The van der Waals surface area contributed by atoms with Crippen LogP contribution < -0.4 is 4.90 Å². The third-order valence-corrected chi connectivity index (χ3v) is 1.72. The summed E-state index contributed by atoms with van der Waals surface area (Å²) in [6, 6.07) is 0.796. The van der Waals surface area contributed by atoms with Crippen LogP contribution in [0.15, 0.2) is 0 Å². The fourth-order valence-corrected chi connectivity index (χ4v) is 1.07. The normalized spacial score (nSPS) is 11.2. The third-order valence-electron chi connectivity index (χ3n) is 1.72. The van der Waals surface area contributed by atoms with Gasteiger partial charge in [-0.3, -0.25) is 0 Å². The van der Waals surface area contributed by atoms with E-state index in [0.717, 1.165) is 6.04 Å². The van der Waals surface area contributed by atoms with Gasteiger partial charge in [0.2, 0.25) is 0 Å². The van der Waals surface area contributed by atoms with E-state index in [-0.39, 0.29) is 0 Å². The molecular formula is C7H18N+. The number of nitrogens with one attached hydrogen (secondary N) is 1. The molecule has 1 heteroatoms. The first-order valence-electron chi connectivity index (χ1n) is 3.56. The molecule has 1 nitrogen and oxygen atoms in total. The molecule has 8 heavy (non-hydrogen) atoms. The summed E-state index contributed by atoms with van der Waals surface area (Å²) in [5, 5.41) is 0. The Labute approximate surface area is 52.7 Å². The Balaban J connectivity index is 3.35. The molecule has 0 rings (SSSR count). The zero-order valence-electron chi connectivity index (χ0n) is 6.49. The van der Waals surface area contributed by atoms with Gasteiger partial charge in [-0.05, 0) is 27.7 Å². The predicted molar refractivity (Wildman–Crippen MR) is 37.2 cm³/mol. The first-order valence-corrected chi connectivity index (χ1v) is 3.56. The summed E-state index contributed by atoms with van der Waals surface area (Å²) in [5.74, 6) is 0. The van der Waals surface area contributed by atoms with Gasteiger partial charge in [0, 0.05) is 0 Å². The lowest BCUT2D eigenvalue weighted by Crippen LogP contribution is -3.14. The SMILES string of the molecule is CC[NH+](CC)C(C)C. The van der Waals surface area contributed by atoms with Crippen molar-refractivity contribution in [3.05, 3.63) is 0 Å². The first kappa shape index (κ1) is 7.96. The van der Waals surface area contributed by atoms with Crippen LogP contribution in [0.25, 0.3) is 0 Å². The average Bonchev–Trinajstić information content (AvgIpc) is 1.69. The minimum atomic E-state index is 0.796. The topological polar surface area (TPSA) is 4.44 Å². The van der Waals surface area contributed by atoms with E-state index in [4.69, 9.17) is 0 Å². The van der Waals surface area contributed by atoms with Crippen LogP contribution in [0.1, 0.15) is 27.7 Å². The van der Waals surface area contributed by atoms with Crippen molar-refractivity contribution in [3.63, 3.8) is 0 Å². The van der Waals surface area contributed by atoms with Crippen LogP contribution in [0, 0.1) is 0 Å². The van der Waals surface area contributed by atoms with Gasteiger partial charge in [0.15, 0.2) is 0 Å². The smallest absolute Gasteiger partial charge is 0.0817 e. The zero-order chi connectivity index (χ0) is 6.57. The molecule has 1 N–H and O–H groups in total. The molecule has 0 spiro atoms. The van der Waals surface area contributed by atoms with Crippen LogP contribution in [0.2, 0.25) is 0 Å². The van der Waals surface area contributed by atoms with Crippen LogP contribution in [0.4, 0.5) is 0 Å². The van der Waals surface area contributed by atoms with Crippen molar-refractivity contribution in [1.82, 2.24) is 0 Å². The second-order valence-electron chi connectivity index (χ2n) is 2.52. The Morgan fingerprint density at radius 1 is 1.12 bits per heavy atom. The number of quaternary nitrogens is 1. The highest BCUT2D eigenvalue weighted by molar-refractivity contribution is 4.30. The number of hydrogen-bond donors (Lipinski definition) is 1. The Morgan fingerprint density at radius 3 is 1.50 bits per heavy atom. The lowest BCUT2D eigenvalue weighted by Gasteiger charge is -2.19. The Morgan fingerprint density at radius 2 is 1.50 bits per heavy atom. The van der Waals surface area contributed by atoms with Gasteiger partial charge in [0.05, 0.1) is 19.1 Å². The molecule has 0 bridgehead atoms. The van der Waals surface area contributed by atoms with Gasteiger partial charge in [0.25, 0.3) is 0 Å². The molecule has 0 aromatic heterocycles. The van der Waals surface area contributed by atoms with Crippen molar-refractivity contribution in [2.75, 3.05) is 13.1 Å². The standard InChI is InChI=1S/C7H17N/c1-5-8(6-2)7(3)4/h7H,5-6H2,1-4H3/p+1. The summed E-state index contributed by atoms with van der Waals surface area (Å²) >= 11 is 0. The third kappa shape index (κ3) is 2.31. The summed E-state index contributed by atoms with van der Waals surface area (Å²) in [7, 11) is 0. The molecule has 50 valence electrons. The highest BCUT2D eigenvalue weighted by atomic mass is 15.1. The van der Waals surface area contributed by atoms with Gasteiger partial charge < -0.3 is 4.90 Å². The van der Waals surface area contributed by atoms with Crippen molar-refractivity contribution < 1.29 is 4.90 Å². The molecule has 0 aromatic carbocycles. The summed E-state index contributed by atoms with van der Waals surface area (Å²) in [4.78, 5) is 1.69. The number of hydrogen-bond acceptors (Lipinski definition) is 0. The molecule has 0 aliphatic heterocycles. The average molecular weight is 116 g/mol. The van der Waals surface area contributed by atoms with Gasteiger partial charge in [0.1, 0.15) is 0 Å². The molecule has 0 aliphatic rings. The van der Waals surface area contributed by atoms with Crippen LogP contribution in [-0.4, -0.2) is 19.1 Å².